The van der Waals surface area contributed by atoms with Crippen LogP contribution in [-0.2, 0) is 9.59 Å². The molecule has 0 aromatic heterocycles. The lowest BCUT2D eigenvalue weighted by molar-refractivity contribution is -0.134. The molecule has 2 aromatic rings. The Kier molecular flexibility index (Phi) is 5.61. The smallest absolute Gasteiger partial charge is 0.275 e. The van der Waals surface area contributed by atoms with Crippen molar-refractivity contribution in [2.75, 3.05) is 11.9 Å². The predicted octanol–water partition coefficient (Wildman–Crippen LogP) is 4.92. The Labute approximate surface area is 179 Å². The first-order valence-electron chi connectivity index (χ1n) is 9.70. The minimum absolute atomic E-state index is 0.0497. The van der Waals surface area contributed by atoms with E-state index in [4.69, 9.17) is 28.2 Å². The fourth-order valence-electron chi connectivity index (χ4n) is 4.06. The second-order valence-electron chi connectivity index (χ2n) is 7.46. The fraction of sp³-hybridized carbons (Fsp3) is 0.318. The number of nitrogens with zero attached hydrogens (tertiary/aromatic N) is 2. The van der Waals surface area contributed by atoms with Gasteiger partial charge in [-0.3, -0.25) is 14.6 Å². The van der Waals surface area contributed by atoms with E-state index in [0.717, 1.165) is 37.7 Å². The fourth-order valence-corrected chi connectivity index (χ4v) is 4.37. The van der Waals surface area contributed by atoms with Crippen LogP contribution in [0, 0.1) is 0 Å². The Morgan fingerprint density at radius 3 is 2.45 bits per heavy atom. The first kappa shape index (κ1) is 19.9. The summed E-state index contributed by atoms with van der Waals surface area (Å²) in [6, 6.07) is 14.0. The van der Waals surface area contributed by atoms with Crippen LogP contribution in [0.4, 0.5) is 5.69 Å². The topological polar surface area (TPSA) is 61.8 Å². The van der Waals surface area contributed by atoms with Gasteiger partial charge in [0.15, 0.2) is 0 Å². The lowest BCUT2D eigenvalue weighted by Gasteiger charge is -2.38. The number of halogens is 2. The quantitative estimate of drug-likeness (QED) is 0.748. The average Bonchev–Trinajstić information content (AvgIpc) is 2.95. The summed E-state index contributed by atoms with van der Waals surface area (Å²) in [7, 11) is 0. The first-order chi connectivity index (χ1) is 14.0. The molecular weight excluding hydrogens is 409 g/mol. The van der Waals surface area contributed by atoms with Crippen molar-refractivity contribution in [1.82, 2.24) is 4.90 Å². The third-order valence-electron chi connectivity index (χ3n) is 5.45. The number of anilines is 1. The summed E-state index contributed by atoms with van der Waals surface area (Å²) in [6.07, 6.45) is 4.61. The number of rotatable bonds is 4. The maximum atomic E-state index is 13.3. The zero-order chi connectivity index (χ0) is 20.4. The number of aliphatic imine (C=N–C) groups is 1. The van der Waals surface area contributed by atoms with Crippen LogP contribution in [0.3, 0.4) is 0 Å². The van der Waals surface area contributed by atoms with E-state index in [1.165, 1.54) is 0 Å². The summed E-state index contributed by atoms with van der Waals surface area (Å²) in [5.41, 5.74) is 1.09. The second-order valence-corrected chi connectivity index (χ2v) is 8.33. The number of nitrogens with one attached hydrogen (secondary N) is 1. The number of amides is 2. The van der Waals surface area contributed by atoms with E-state index in [1.54, 1.807) is 53.4 Å². The number of carbonyl (C=O) groups excluding carboxylic acids is 2. The summed E-state index contributed by atoms with van der Waals surface area (Å²) in [4.78, 5) is 32.5. The molecule has 1 spiro atoms. The van der Waals surface area contributed by atoms with Crippen molar-refractivity contribution < 1.29 is 9.59 Å². The van der Waals surface area contributed by atoms with Gasteiger partial charge < -0.3 is 10.2 Å². The van der Waals surface area contributed by atoms with Crippen molar-refractivity contribution in [3.05, 3.63) is 64.1 Å². The zero-order valence-electron chi connectivity index (χ0n) is 15.8. The van der Waals surface area contributed by atoms with Crippen molar-refractivity contribution in [3.63, 3.8) is 0 Å². The summed E-state index contributed by atoms with van der Waals surface area (Å²) >= 11 is 12.0. The predicted molar refractivity (Wildman–Crippen MR) is 116 cm³/mol. The molecule has 2 amide bonds. The van der Waals surface area contributed by atoms with Crippen LogP contribution in [-0.4, -0.2) is 34.6 Å². The third kappa shape index (κ3) is 4.16. The van der Waals surface area contributed by atoms with Gasteiger partial charge >= 0.3 is 0 Å². The minimum atomic E-state index is -0.643. The van der Waals surface area contributed by atoms with Gasteiger partial charge in [0, 0.05) is 21.3 Å². The molecule has 2 aromatic carbocycles. The van der Waals surface area contributed by atoms with Gasteiger partial charge in [0.25, 0.3) is 5.91 Å². The Morgan fingerprint density at radius 1 is 1.03 bits per heavy atom. The Bertz CT molecular complexity index is 966. The number of hydrogen-bond acceptors (Lipinski definition) is 3. The van der Waals surface area contributed by atoms with Gasteiger partial charge in [-0.2, -0.15) is 0 Å². The molecule has 150 valence electrons. The molecule has 1 fully saturated rings. The van der Waals surface area contributed by atoms with Gasteiger partial charge in [0.2, 0.25) is 5.91 Å². The molecule has 2 aliphatic rings. The molecule has 1 aliphatic heterocycles. The molecule has 0 radical (unpaired) electrons. The van der Waals surface area contributed by atoms with E-state index in [0.29, 0.717) is 21.4 Å². The highest BCUT2D eigenvalue weighted by Gasteiger charge is 2.48. The summed E-state index contributed by atoms with van der Waals surface area (Å²) in [5.74, 6) is -0.478. The molecule has 4 rings (SSSR count). The lowest BCUT2D eigenvalue weighted by atomic mass is 9.88. The van der Waals surface area contributed by atoms with Gasteiger partial charge in [-0.25, -0.2) is 0 Å². The van der Waals surface area contributed by atoms with Crippen LogP contribution >= 0.6 is 23.2 Å². The van der Waals surface area contributed by atoms with Crippen LogP contribution in [0.5, 0.6) is 0 Å². The Hall–Kier alpha value is -2.37. The Balaban J connectivity index is 1.58. The number of benzene rings is 2. The lowest BCUT2D eigenvalue weighted by Crippen LogP contribution is -2.51. The van der Waals surface area contributed by atoms with Crippen molar-refractivity contribution in [2.24, 2.45) is 4.99 Å². The van der Waals surface area contributed by atoms with Crippen LogP contribution in [0.2, 0.25) is 10.0 Å². The van der Waals surface area contributed by atoms with Gasteiger partial charge in [-0.05, 0) is 56.0 Å². The second kappa shape index (κ2) is 8.17. The number of hydrogen-bond donors (Lipinski definition) is 1. The molecule has 1 N–H and O–H groups in total. The van der Waals surface area contributed by atoms with Crippen LogP contribution in [0.1, 0.15) is 37.7 Å². The maximum absolute atomic E-state index is 13.3. The van der Waals surface area contributed by atoms with E-state index < -0.39 is 5.66 Å². The van der Waals surface area contributed by atoms with Gasteiger partial charge in [-0.1, -0.05) is 47.8 Å². The molecule has 29 heavy (non-hydrogen) atoms. The first-order valence-corrected chi connectivity index (χ1v) is 10.5. The SMILES string of the molecule is O=C(CN1C(=O)C(c2ccc(Cl)cc2)=NC12CCCCC2)Nc1cccc(Cl)c1. The molecule has 0 saturated heterocycles. The monoisotopic (exact) mass is 429 g/mol. The van der Waals surface area contributed by atoms with Crippen LogP contribution in [0.25, 0.3) is 0 Å². The zero-order valence-corrected chi connectivity index (χ0v) is 17.3. The summed E-state index contributed by atoms with van der Waals surface area (Å²) in [6.45, 7) is -0.0497. The van der Waals surface area contributed by atoms with Gasteiger partial charge in [-0.15, -0.1) is 0 Å². The van der Waals surface area contributed by atoms with Crippen molar-refractivity contribution in [2.45, 2.75) is 37.8 Å². The van der Waals surface area contributed by atoms with E-state index in [-0.39, 0.29) is 18.4 Å². The largest absolute Gasteiger partial charge is 0.324 e. The van der Waals surface area contributed by atoms with E-state index in [9.17, 15) is 9.59 Å². The van der Waals surface area contributed by atoms with Gasteiger partial charge in [0.1, 0.15) is 17.9 Å². The summed E-state index contributed by atoms with van der Waals surface area (Å²) in [5, 5.41) is 3.97. The van der Waals surface area contributed by atoms with E-state index >= 15 is 0 Å². The van der Waals surface area contributed by atoms with Gasteiger partial charge in [0.05, 0.1) is 0 Å². The molecular formula is C22H21Cl2N3O2. The molecule has 0 atom stereocenters. The highest BCUT2D eigenvalue weighted by atomic mass is 35.5. The van der Waals surface area contributed by atoms with Crippen molar-refractivity contribution in [1.29, 1.82) is 0 Å². The molecule has 1 saturated carbocycles. The van der Waals surface area contributed by atoms with Crippen LogP contribution in [0.15, 0.2) is 53.5 Å². The number of carbonyl (C=O) groups is 2. The van der Waals surface area contributed by atoms with Crippen LogP contribution < -0.4 is 5.32 Å². The average molecular weight is 430 g/mol. The highest BCUT2D eigenvalue weighted by molar-refractivity contribution is 6.47. The van der Waals surface area contributed by atoms with E-state index in [1.807, 2.05) is 0 Å². The van der Waals surface area contributed by atoms with Crippen molar-refractivity contribution in [3.8, 4) is 0 Å². The summed E-state index contributed by atoms with van der Waals surface area (Å²) < 4.78 is 0. The van der Waals surface area contributed by atoms with E-state index in [2.05, 4.69) is 5.32 Å². The molecule has 1 aliphatic carbocycles. The minimum Gasteiger partial charge on any atom is -0.324 e. The third-order valence-corrected chi connectivity index (χ3v) is 5.94. The molecule has 7 heteroatoms. The molecule has 5 nitrogen and oxygen atoms in total. The van der Waals surface area contributed by atoms with Crippen molar-refractivity contribution >= 4 is 46.4 Å². The Morgan fingerprint density at radius 2 is 1.76 bits per heavy atom. The maximum Gasteiger partial charge on any atom is 0.275 e. The molecule has 1 heterocycles. The standard InChI is InChI=1S/C22H21Cl2N3O2/c23-16-9-7-15(8-10-16)20-21(29)27(22(26-20)11-2-1-3-12-22)14-19(28)25-18-6-4-5-17(24)13-18/h4-10,13H,1-3,11-12,14H2,(H,25,28). The molecule has 0 unspecified atom stereocenters. The molecule has 0 bridgehead atoms. The normalized spacial score (nSPS) is 18.1. The highest BCUT2D eigenvalue weighted by Crippen LogP contribution is 2.39.